The Labute approximate surface area is 128 Å². The van der Waals surface area contributed by atoms with Crippen LogP contribution in [-0.2, 0) is 13.0 Å². The first-order chi connectivity index (χ1) is 9.54. The molecule has 1 aliphatic heterocycles. The van der Waals surface area contributed by atoms with E-state index in [0.29, 0.717) is 0 Å². The van der Waals surface area contributed by atoms with E-state index in [-0.39, 0.29) is 0 Å². The molecule has 0 unspecified atom stereocenters. The van der Waals surface area contributed by atoms with Gasteiger partial charge in [-0.25, -0.2) is 0 Å². The lowest BCUT2D eigenvalue weighted by Gasteiger charge is -2.23. The fraction of sp³-hybridized carbons (Fsp3) is 0.765. The van der Waals surface area contributed by atoms with Crippen molar-refractivity contribution in [2.75, 3.05) is 27.2 Å². The molecule has 2 nitrogen and oxygen atoms in total. The molecule has 1 saturated heterocycles. The Hall–Kier alpha value is -0.380. The van der Waals surface area contributed by atoms with Crippen molar-refractivity contribution in [3.05, 3.63) is 21.9 Å². The standard InChI is InChI=1S/C17H30N2S/c1-14(2)12-16-7-8-17(20-16)13-19-10-5-6-15(9-11-19)18(3)4/h7-8,14-15H,5-6,9-13H2,1-4H3/t15-/m1/s1. The van der Waals surface area contributed by atoms with E-state index in [2.05, 4.69) is 49.9 Å². The van der Waals surface area contributed by atoms with Crippen LogP contribution in [0.3, 0.4) is 0 Å². The average molecular weight is 295 g/mol. The molecule has 114 valence electrons. The molecular weight excluding hydrogens is 264 g/mol. The Bertz CT molecular complexity index is 397. The summed E-state index contributed by atoms with van der Waals surface area (Å²) in [5, 5.41) is 0. The van der Waals surface area contributed by atoms with Gasteiger partial charge in [0.1, 0.15) is 0 Å². The molecule has 1 atom stereocenters. The van der Waals surface area contributed by atoms with Gasteiger partial charge in [0.05, 0.1) is 0 Å². The molecule has 0 spiro atoms. The maximum absolute atomic E-state index is 2.65. The monoisotopic (exact) mass is 294 g/mol. The van der Waals surface area contributed by atoms with Crippen LogP contribution in [0.15, 0.2) is 12.1 Å². The highest BCUT2D eigenvalue weighted by atomic mass is 32.1. The second-order valence-electron chi connectivity index (χ2n) is 6.79. The van der Waals surface area contributed by atoms with Crippen LogP contribution in [-0.4, -0.2) is 43.0 Å². The zero-order valence-electron chi connectivity index (χ0n) is 13.6. The summed E-state index contributed by atoms with van der Waals surface area (Å²) < 4.78 is 0. The molecule has 0 amide bonds. The van der Waals surface area contributed by atoms with Crippen LogP contribution in [0.1, 0.15) is 42.9 Å². The summed E-state index contributed by atoms with van der Waals surface area (Å²) in [6.07, 6.45) is 5.24. The van der Waals surface area contributed by atoms with Gasteiger partial charge in [0.25, 0.3) is 0 Å². The quantitative estimate of drug-likeness (QED) is 0.813. The van der Waals surface area contributed by atoms with Gasteiger partial charge in [-0.15, -0.1) is 11.3 Å². The van der Waals surface area contributed by atoms with E-state index < -0.39 is 0 Å². The minimum Gasteiger partial charge on any atom is -0.306 e. The van der Waals surface area contributed by atoms with Crippen molar-refractivity contribution in [3.63, 3.8) is 0 Å². The number of nitrogens with zero attached hydrogens (tertiary/aromatic N) is 2. The Morgan fingerprint density at radius 3 is 2.65 bits per heavy atom. The smallest absolute Gasteiger partial charge is 0.0328 e. The van der Waals surface area contributed by atoms with Crippen molar-refractivity contribution in [1.29, 1.82) is 0 Å². The van der Waals surface area contributed by atoms with Gasteiger partial charge >= 0.3 is 0 Å². The van der Waals surface area contributed by atoms with Gasteiger partial charge in [0, 0.05) is 28.9 Å². The first kappa shape index (κ1) is 16.0. The first-order valence-electron chi connectivity index (χ1n) is 8.01. The van der Waals surface area contributed by atoms with Crippen LogP contribution in [0.5, 0.6) is 0 Å². The molecular formula is C17H30N2S. The lowest BCUT2D eigenvalue weighted by Crippen LogP contribution is -2.29. The molecule has 1 aliphatic rings. The predicted molar refractivity (Wildman–Crippen MR) is 89.5 cm³/mol. The summed E-state index contributed by atoms with van der Waals surface area (Å²) in [5.41, 5.74) is 0. The van der Waals surface area contributed by atoms with E-state index >= 15 is 0 Å². The molecule has 0 bridgehead atoms. The summed E-state index contributed by atoms with van der Waals surface area (Å²) in [6, 6.07) is 5.46. The second kappa shape index (κ2) is 7.58. The third kappa shape index (κ3) is 4.87. The summed E-state index contributed by atoms with van der Waals surface area (Å²) in [5.74, 6) is 0.764. The van der Waals surface area contributed by atoms with Gasteiger partial charge in [-0.3, -0.25) is 4.90 Å². The van der Waals surface area contributed by atoms with Crippen molar-refractivity contribution in [2.45, 2.75) is 52.1 Å². The van der Waals surface area contributed by atoms with Gasteiger partial charge in [-0.2, -0.15) is 0 Å². The molecule has 1 aromatic rings. The zero-order chi connectivity index (χ0) is 14.5. The minimum absolute atomic E-state index is 0.764. The lowest BCUT2D eigenvalue weighted by atomic mass is 10.1. The maximum atomic E-state index is 2.65. The molecule has 1 fully saturated rings. The first-order valence-corrected chi connectivity index (χ1v) is 8.82. The topological polar surface area (TPSA) is 6.48 Å². The SMILES string of the molecule is CC(C)Cc1ccc(CN2CCC[C@@H](N(C)C)CC2)s1. The van der Waals surface area contributed by atoms with E-state index in [1.807, 2.05) is 11.3 Å². The van der Waals surface area contributed by atoms with Gasteiger partial charge in [-0.05, 0) is 64.4 Å². The highest BCUT2D eigenvalue weighted by Gasteiger charge is 2.18. The van der Waals surface area contributed by atoms with E-state index in [4.69, 9.17) is 0 Å². The third-order valence-corrected chi connectivity index (χ3v) is 5.32. The molecule has 2 heterocycles. The van der Waals surface area contributed by atoms with Gasteiger partial charge in [0.15, 0.2) is 0 Å². The van der Waals surface area contributed by atoms with Crippen molar-refractivity contribution >= 4 is 11.3 Å². The number of hydrogen-bond acceptors (Lipinski definition) is 3. The number of thiophene rings is 1. The Morgan fingerprint density at radius 1 is 1.20 bits per heavy atom. The van der Waals surface area contributed by atoms with E-state index in [9.17, 15) is 0 Å². The van der Waals surface area contributed by atoms with E-state index in [1.165, 1.54) is 38.8 Å². The molecule has 0 aliphatic carbocycles. The van der Waals surface area contributed by atoms with Crippen molar-refractivity contribution < 1.29 is 0 Å². The summed E-state index contributed by atoms with van der Waals surface area (Å²) >= 11 is 2.02. The molecule has 1 aromatic heterocycles. The van der Waals surface area contributed by atoms with Gasteiger partial charge in [-0.1, -0.05) is 13.8 Å². The number of hydrogen-bond donors (Lipinski definition) is 0. The Kier molecular flexibility index (Phi) is 6.06. The van der Waals surface area contributed by atoms with Crippen LogP contribution >= 0.6 is 11.3 Å². The number of likely N-dealkylation sites (tertiary alicyclic amines) is 1. The molecule has 0 radical (unpaired) electrons. The summed E-state index contributed by atoms with van der Waals surface area (Å²) in [4.78, 5) is 8.14. The third-order valence-electron chi connectivity index (χ3n) is 4.23. The maximum Gasteiger partial charge on any atom is 0.0328 e. The summed E-state index contributed by atoms with van der Waals surface area (Å²) in [7, 11) is 4.44. The van der Waals surface area contributed by atoms with Crippen LogP contribution < -0.4 is 0 Å². The molecule has 20 heavy (non-hydrogen) atoms. The zero-order valence-corrected chi connectivity index (χ0v) is 14.4. The van der Waals surface area contributed by atoms with Crippen LogP contribution in [0.4, 0.5) is 0 Å². The average Bonchev–Trinajstić information content (AvgIpc) is 2.65. The normalized spacial score (nSPS) is 21.6. The predicted octanol–water partition coefficient (Wildman–Crippen LogP) is 3.86. The molecule has 2 rings (SSSR count). The van der Waals surface area contributed by atoms with Crippen molar-refractivity contribution in [2.24, 2.45) is 5.92 Å². The highest BCUT2D eigenvalue weighted by Crippen LogP contribution is 2.23. The highest BCUT2D eigenvalue weighted by molar-refractivity contribution is 7.11. The molecule has 0 N–H and O–H groups in total. The molecule has 0 saturated carbocycles. The fourth-order valence-corrected chi connectivity index (χ4v) is 4.33. The van der Waals surface area contributed by atoms with E-state index in [0.717, 1.165) is 18.5 Å². The molecule has 3 heteroatoms. The van der Waals surface area contributed by atoms with Crippen molar-refractivity contribution in [1.82, 2.24) is 9.80 Å². The van der Waals surface area contributed by atoms with E-state index in [1.54, 1.807) is 9.75 Å². The minimum atomic E-state index is 0.764. The summed E-state index contributed by atoms with van der Waals surface area (Å²) in [6.45, 7) is 8.27. The number of rotatable bonds is 5. The second-order valence-corrected chi connectivity index (χ2v) is 8.04. The fourth-order valence-electron chi connectivity index (χ4n) is 3.05. The van der Waals surface area contributed by atoms with Crippen molar-refractivity contribution in [3.8, 4) is 0 Å². The molecule has 0 aromatic carbocycles. The van der Waals surface area contributed by atoms with Crippen LogP contribution in [0, 0.1) is 5.92 Å². The Morgan fingerprint density at radius 2 is 1.95 bits per heavy atom. The van der Waals surface area contributed by atoms with Crippen LogP contribution in [0.25, 0.3) is 0 Å². The lowest BCUT2D eigenvalue weighted by molar-refractivity contribution is 0.246. The van der Waals surface area contributed by atoms with Gasteiger partial charge < -0.3 is 4.90 Å². The largest absolute Gasteiger partial charge is 0.306 e. The van der Waals surface area contributed by atoms with Gasteiger partial charge in [0.2, 0.25) is 0 Å². The Balaban J connectivity index is 1.85. The van der Waals surface area contributed by atoms with Crippen LogP contribution in [0.2, 0.25) is 0 Å².